The predicted molar refractivity (Wildman–Crippen MR) is 136 cm³/mol. The Balaban J connectivity index is 2.29. The maximum absolute atomic E-state index is 12.8. The average molecular weight is 603 g/mol. The van der Waals surface area contributed by atoms with E-state index < -0.39 is 23.6 Å². The zero-order valence-corrected chi connectivity index (χ0v) is 22.4. The smallest absolute Gasteiger partial charge is 0.412 e. The van der Waals surface area contributed by atoms with Crippen molar-refractivity contribution in [1.82, 2.24) is 0 Å². The van der Waals surface area contributed by atoms with Crippen molar-refractivity contribution >= 4 is 68.0 Å². The Morgan fingerprint density at radius 2 is 1.79 bits per heavy atom. The number of esters is 1. The Bertz CT molecular complexity index is 1030. The van der Waals surface area contributed by atoms with E-state index in [0.717, 1.165) is 0 Å². The van der Waals surface area contributed by atoms with Crippen LogP contribution in [0.2, 0.25) is 0 Å². The molecule has 1 amide bonds. The molecule has 0 aliphatic rings. The van der Waals surface area contributed by atoms with Crippen molar-refractivity contribution in [1.29, 1.82) is 0 Å². The number of benzene rings is 2. The Morgan fingerprint density at radius 3 is 2.36 bits per heavy atom. The van der Waals surface area contributed by atoms with Gasteiger partial charge < -0.3 is 14.6 Å². The number of thiol groups is 1. The lowest BCUT2D eigenvalue weighted by Gasteiger charge is -2.34. The number of halogens is 2. The minimum absolute atomic E-state index is 0.0372. The summed E-state index contributed by atoms with van der Waals surface area (Å²) in [6.07, 6.45) is -1.29. The topological polar surface area (TPSA) is 102 Å². The molecule has 0 heterocycles. The minimum Gasteiger partial charge on any atom is -0.506 e. The average Bonchev–Trinajstić information content (AvgIpc) is 2.74. The molecule has 0 bridgehead atoms. The van der Waals surface area contributed by atoms with E-state index >= 15 is 0 Å². The number of anilines is 1. The van der Waals surface area contributed by atoms with Gasteiger partial charge in [0.15, 0.2) is 5.78 Å². The summed E-state index contributed by atoms with van der Waals surface area (Å²) in [6, 6.07) is 9.75. The lowest BCUT2D eigenvalue weighted by molar-refractivity contribution is -0.141. The molecule has 2 rings (SSSR count). The van der Waals surface area contributed by atoms with E-state index in [4.69, 9.17) is 9.47 Å². The van der Waals surface area contributed by atoms with Gasteiger partial charge in [0.1, 0.15) is 11.9 Å². The van der Waals surface area contributed by atoms with Gasteiger partial charge in [-0.25, -0.2) is 4.79 Å². The zero-order valence-electron chi connectivity index (χ0n) is 18.4. The second-order valence-corrected chi connectivity index (χ2v) is 10.1. The van der Waals surface area contributed by atoms with Crippen LogP contribution in [0.3, 0.4) is 0 Å². The van der Waals surface area contributed by atoms with Gasteiger partial charge in [0, 0.05) is 26.7 Å². The third kappa shape index (κ3) is 7.75. The maximum Gasteiger partial charge on any atom is 0.412 e. The number of nitrogens with one attached hydrogen (secondary N) is 1. The fourth-order valence-corrected chi connectivity index (χ4v) is 4.43. The summed E-state index contributed by atoms with van der Waals surface area (Å²) in [7, 11) is 0. The molecule has 0 saturated heterocycles. The summed E-state index contributed by atoms with van der Waals surface area (Å²) in [5.41, 5.74) is 0.616. The number of carbonyl (C=O) groups is 3. The predicted octanol–water partition coefficient (Wildman–Crippen LogP) is 6.30. The van der Waals surface area contributed by atoms with Gasteiger partial charge in [0.05, 0.1) is 16.8 Å². The normalized spacial score (nSPS) is 12.1. The summed E-state index contributed by atoms with van der Waals surface area (Å²) in [5.74, 6) is -0.640. The highest BCUT2D eigenvalue weighted by atomic mass is 79.9. The lowest BCUT2D eigenvalue weighted by Crippen LogP contribution is -2.30. The van der Waals surface area contributed by atoms with Crippen LogP contribution in [0.4, 0.5) is 10.5 Å². The number of phenolic OH excluding ortho intramolecular Hbond substituents is 1. The van der Waals surface area contributed by atoms with Crippen molar-refractivity contribution in [2.45, 2.75) is 33.3 Å². The zero-order chi connectivity index (χ0) is 24.8. The molecule has 0 radical (unpaired) electrons. The molecule has 10 heteroatoms. The van der Waals surface area contributed by atoms with Crippen LogP contribution < -0.4 is 5.32 Å². The number of hydrogen-bond acceptors (Lipinski definition) is 7. The number of ketones is 1. The molecule has 178 valence electrons. The first kappa shape index (κ1) is 27.2. The fourth-order valence-electron chi connectivity index (χ4n) is 3.08. The van der Waals surface area contributed by atoms with Gasteiger partial charge in [0.25, 0.3) is 0 Å². The number of Topliss-reactive ketones (excluding diaryl/α,β-unsaturated/α-hetero) is 1. The third-order valence-electron chi connectivity index (χ3n) is 4.95. The molecule has 1 atom stereocenters. The Kier molecular flexibility index (Phi) is 9.81. The Morgan fingerprint density at radius 1 is 1.15 bits per heavy atom. The highest BCUT2D eigenvalue weighted by Crippen LogP contribution is 2.46. The van der Waals surface area contributed by atoms with E-state index in [1.54, 1.807) is 36.4 Å². The first-order valence-electron chi connectivity index (χ1n) is 9.97. The SMILES string of the molecule is CC(=O)c1ccc(NC(=O)O[C@@H](c2cc(Br)cc(Br)c2O)C(C)(C)CCOC(=O)CS)cc1. The minimum atomic E-state index is -0.891. The molecule has 0 aliphatic heterocycles. The van der Waals surface area contributed by atoms with Crippen molar-refractivity contribution in [2.75, 3.05) is 17.7 Å². The van der Waals surface area contributed by atoms with Gasteiger partial charge >= 0.3 is 12.1 Å². The number of carbonyl (C=O) groups excluding carboxylic acids is 3. The molecule has 0 aliphatic carbocycles. The summed E-state index contributed by atoms with van der Waals surface area (Å²) < 4.78 is 12.0. The van der Waals surface area contributed by atoms with Gasteiger partial charge in [-0.1, -0.05) is 29.8 Å². The van der Waals surface area contributed by atoms with Gasteiger partial charge in [-0.05, 0) is 65.7 Å². The Labute approximate surface area is 214 Å². The summed E-state index contributed by atoms with van der Waals surface area (Å²) >= 11 is 10.6. The van der Waals surface area contributed by atoms with Crippen LogP contribution in [0, 0.1) is 5.41 Å². The summed E-state index contributed by atoms with van der Waals surface area (Å²) in [4.78, 5) is 35.7. The fraction of sp³-hybridized carbons (Fsp3) is 0.348. The monoisotopic (exact) mass is 601 g/mol. The first-order valence-corrected chi connectivity index (χ1v) is 12.2. The molecule has 7 nitrogen and oxygen atoms in total. The molecular weight excluding hydrogens is 578 g/mol. The number of amides is 1. The van der Waals surface area contributed by atoms with E-state index in [2.05, 4.69) is 49.8 Å². The van der Waals surface area contributed by atoms with Gasteiger partial charge in [0.2, 0.25) is 0 Å². The van der Waals surface area contributed by atoms with Crippen LogP contribution in [0.25, 0.3) is 0 Å². The first-order chi connectivity index (χ1) is 15.4. The Hall–Kier alpha value is -2.04. The van der Waals surface area contributed by atoms with Crippen LogP contribution in [-0.2, 0) is 14.3 Å². The van der Waals surface area contributed by atoms with Gasteiger partial charge in [-0.3, -0.25) is 14.9 Å². The van der Waals surface area contributed by atoms with Crippen LogP contribution >= 0.6 is 44.5 Å². The third-order valence-corrected chi connectivity index (χ3v) is 6.27. The van der Waals surface area contributed by atoms with Crippen LogP contribution in [0.5, 0.6) is 5.75 Å². The summed E-state index contributed by atoms with van der Waals surface area (Å²) in [6.45, 7) is 5.24. The number of phenols is 1. The molecule has 2 aromatic rings. The van der Waals surface area contributed by atoms with Crippen molar-refractivity contribution < 1.29 is 29.0 Å². The summed E-state index contributed by atoms with van der Waals surface area (Å²) in [5, 5.41) is 13.3. The van der Waals surface area contributed by atoms with E-state index in [-0.39, 0.29) is 23.9 Å². The molecule has 2 aromatic carbocycles. The molecule has 0 aromatic heterocycles. The second kappa shape index (κ2) is 11.9. The molecule has 0 saturated carbocycles. The molecule has 0 unspecified atom stereocenters. The molecule has 0 fully saturated rings. The maximum atomic E-state index is 12.8. The number of hydrogen-bond donors (Lipinski definition) is 3. The molecule has 2 N–H and O–H groups in total. The highest BCUT2D eigenvalue weighted by molar-refractivity contribution is 9.11. The van der Waals surface area contributed by atoms with Crippen molar-refractivity contribution in [3.05, 3.63) is 56.5 Å². The standard InChI is InChI=1S/C23H25Br2NO6S/c1-13(27)14-4-6-16(7-5-14)26-22(30)32-21(17-10-15(24)11-18(25)20(17)29)23(2,3)8-9-31-19(28)12-33/h4-7,10-11,21,29,33H,8-9,12H2,1-3H3,(H,26,30)/t21-/m0/s1. The number of aromatic hydroxyl groups is 1. The van der Waals surface area contributed by atoms with Crippen molar-refractivity contribution in [3.8, 4) is 5.75 Å². The van der Waals surface area contributed by atoms with Crippen LogP contribution in [0.15, 0.2) is 45.3 Å². The molecule has 0 spiro atoms. The van der Waals surface area contributed by atoms with Crippen molar-refractivity contribution in [2.24, 2.45) is 5.41 Å². The van der Waals surface area contributed by atoms with Crippen molar-refractivity contribution in [3.63, 3.8) is 0 Å². The van der Waals surface area contributed by atoms with E-state index in [0.29, 0.717) is 32.2 Å². The van der Waals surface area contributed by atoms with E-state index in [1.807, 2.05) is 13.8 Å². The van der Waals surface area contributed by atoms with Crippen LogP contribution in [-0.4, -0.2) is 35.3 Å². The highest BCUT2D eigenvalue weighted by Gasteiger charge is 2.37. The number of ether oxygens (including phenoxy) is 2. The van der Waals surface area contributed by atoms with Gasteiger partial charge in [-0.15, -0.1) is 0 Å². The van der Waals surface area contributed by atoms with Crippen LogP contribution in [0.1, 0.15) is 49.2 Å². The lowest BCUT2D eigenvalue weighted by atomic mass is 9.79. The quantitative estimate of drug-likeness (QED) is 0.177. The molecule has 33 heavy (non-hydrogen) atoms. The van der Waals surface area contributed by atoms with E-state index in [1.165, 1.54) is 6.92 Å². The second-order valence-electron chi connectivity index (χ2n) is 7.99. The van der Waals surface area contributed by atoms with E-state index in [9.17, 15) is 19.5 Å². The number of rotatable bonds is 9. The molecular formula is C23H25Br2NO6S. The largest absolute Gasteiger partial charge is 0.506 e. The van der Waals surface area contributed by atoms with Gasteiger partial charge in [-0.2, -0.15) is 12.6 Å².